The number of rotatable bonds is 5. The summed E-state index contributed by atoms with van der Waals surface area (Å²) in [6, 6.07) is 9.97. The normalized spacial score (nSPS) is 10.9. The maximum atomic E-state index is 13.1. The molecule has 21 heavy (non-hydrogen) atoms. The van der Waals surface area contributed by atoms with Gasteiger partial charge in [-0.1, -0.05) is 12.1 Å². The highest BCUT2D eigenvalue weighted by Crippen LogP contribution is 2.12. The molecular weight excluding hydrogens is 276 g/mol. The van der Waals surface area contributed by atoms with Gasteiger partial charge in [-0.2, -0.15) is 0 Å². The van der Waals surface area contributed by atoms with E-state index in [2.05, 4.69) is 0 Å². The zero-order valence-corrected chi connectivity index (χ0v) is 11.5. The largest absolute Gasteiger partial charge is 0.478 e. The molecule has 0 unspecified atom stereocenters. The van der Waals surface area contributed by atoms with E-state index in [1.807, 2.05) is 11.9 Å². The highest BCUT2D eigenvalue weighted by Gasteiger charge is 2.06. The van der Waals surface area contributed by atoms with Crippen LogP contribution in [0.2, 0.25) is 0 Å². The monoisotopic (exact) mass is 291 g/mol. The van der Waals surface area contributed by atoms with Gasteiger partial charge in [-0.3, -0.25) is 4.90 Å². The lowest BCUT2D eigenvalue weighted by atomic mass is 10.1. The van der Waals surface area contributed by atoms with Crippen molar-refractivity contribution in [1.29, 1.82) is 0 Å². The second-order valence-corrected chi connectivity index (χ2v) is 4.95. The molecule has 0 heterocycles. The maximum absolute atomic E-state index is 13.1. The van der Waals surface area contributed by atoms with E-state index in [0.29, 0.717) is 18.7 Å². The number of benzene rings is 2. The lowest BCUT2D eigenvalue weighted by molar-refractivity contribution is 0.0697. The first-order valence-corrected chi connectivity index (χ1v) is 6.40. The molecule has 0 atom stereocenters. The summed E-state index contributed by atoms with van der Waals surface area (Å²) >= 11 is 0. The van der Waals surface area contributed by atoms with Gasteiger partial charge in [-0.15, -0.1) is 0 Å². The molecule has 1 N–H and O–H groups in total. The third-order valence-corrected chi connectivity index (χ3v) is 3.03. The summed E-state index contributed by atoms with van der Waals surface area (Å²) in [5.74, 6) is -2.15. The quantitative estimate of drug-likeness (QED) is 0.919. The fraction of sp³-hybridized carbons (Fsp3) is 0.188. The Kier molecular flexibility index (Phi) is 4.65. The molecule has 0 saturated heterocycles. The first-order chi connectivity index (χ1) is 9.94. The fourth-order valence-corrected chi connectivity index (χ4v) is 2.13. The summed E-state index contributed by atoms with van der Waals surface area (Å²) in [7, 11) is 1.83. The number of hydrogen-bond donors (Lipinski definition) is 1. The summed E-state index contributed by atoms with van der Waals surface area (Å²) in [6.45, 7) is 0.952. The van der Waals surface area contributed by atoms with Crippen LogP contribution in [-0.4, -0.2) is 23.0 Å². The van der Waals surface area contributed by atoms with E-state index in [1.165, 1.54) is 24.3 Å². The van der Waals surface area contributed by atoms with Gasteiger partial charge < -0.3 is 5.11 Å². The highest BCUT2D eigenvalue weighted by atomic mass is 19.1. The zero-order valence-electron chi connectivity index (χ0n) is 11.5. The smallest absolute Gasteiger partial charge is 0.335 e. The number of carbonyl (C=O) groups is 1. The van der Waals surface area contributed by atoms with Crippen molar-refractivity contribution in [3.05, 3.63) is 70.8 Å². The van der Waals surface area contributed by atoms with Crippen LogP contribution in [0.1, 0.15) is 21.5 Å². The molecular formula is C16H15F2NO2. The van der Waals surface area contributed by atoms with Gasteiger partial charge in [0.1, 0.15) is 11.6 Å². The van der Waals surface area contributed by atoms with Crippen LogP contribution in [0.25, 0.3) is 0 Å². The van der Waals surface area contributed by atoms with Crippen molar-refractivity contribution in [2.24, 2.45) is 0 Å². The van der Waals surface area contributed by atoms with E-state index < -0.39 is 17.6 Å². The first kappa shape index (κ1) is 15.1. The average molecular weight is 291 g/mol. The molecule has 0 aromatic heterocycles. The van der Waals surface area contributed by atoms with E-state index in [9.17, 15) is 13.6 Å². The Bertz CT molecular complexity index is 621. The Morgan fingerprint density at radius 3 is 2.05 bits per heavy atom. The van der Waals surface area contributed by atoms with Crippen LogP contribution in [0.5, 0.6) is 0 Å². The van der Waals surface area contributed by atoms with Crippen LogP contribution in [0.3, 0.4) is 0 Å². The van der Waals surface area contributed by atoms with Gasteiger partial charge in [0.15, 0.2) is 0 Å². The minimum atomic E-state index is -0.967. The Hall–Kier alpha value is -2.27. The predicted octanol–water partition coefficient (Wildman–Crippen LogP) is 3.30. The second-order valence-electron chi connectivity index (χ2n) is 4.95. The Morgan fingerprint density at radius 1 is 1.00 bits per heavy atom. The predicted molar refractivity (Wildman–Crippen MR) is 74.9 cm³/mol. The topological polar surface area (TPSA) is 40.5 Å². The lowest BCUT2D eigenvalue weighted by Gasteiger charge is -2.17. The van der Waals surface area contributed by atoms with Crippen LogP contribution in [0.15, 0.2) is 42.5 Å². The Morgan fingerprint density at radius 2 is 1.52 bits per heavy atom. The van der Waals surface area contributed by atoms with Crippen LogP contribution in [0.4, 0.5) is 8.78 Å². The number of carboxylic acids is 1. The van der Waals surface area contributed by atoms with E-state index in [1.54, 1.807) is 12.1 Å². The molecule has 5 heteroatoms. The van der Waals surface area contributed by atoms with Gasteiger partial charge in [0.25, 0.3) is 0 Å². The summed E-state index contributed by atoms with van der Waals surface area (Å²) in [6.07, 6.45) is 0. The third kappa shape index (κ3) is 4.36. The molecule has 2 rings (SSSR count). The summed E-state index contributed by atoms with van der Waals surface area (Å²) in [5, 5.41) is 8.82. The standard InChI is InChI=1S/C16H15F2NO2/c1-19(10-12-6-14(17)8-15(18)7-12)9-11-2-4-13(5-3-11)16(20)21/h2-8H,9-10H2,1H3,(H,20,21). The number of nitrogens with zero attached hydrogens (tertiary/aromatic N) is 1. The molecule has 2 aromatic carbocycles. The summed E-state index contributed by atoms with van der Waals surface area (Å²) in [5.41, 5.74) is 1.71. The van der Waals surface area contributed by atoms with Crippen molar-refractivity contribution in [3.63, 3.8) is 0 Å². The Labute approximate surface area is 121 Å². The van der Waals surface area contributed by atoms with Crippen molar-refractivity contribution in [2.45, 2.75) is 13.1 Å². The molecule has 110 valence electrons. The number of halogens is 2. The minimum absolute atomic E-state index is 0.230. The van der Waals surface area contributed by atoms with Crippen LogP contribution in [-0.2, 0) is 13.1 Å². The van der Waals surface area contributed by atoms with Crippen molar-refractivity contribution >= 4 is 5.97 Å². The number of carboxylic acid groups (broad SMARTS) is 1. The van der Waals surface area contributed by atoms with Gasteiger partial charge in [0, 0.05) is 19.2 Å². The van der Waals surface area contributed by atoms with Crippen molar-refractivity contribution in [2.75, 3.05) is 7.05 Å². The highest BCUT2D eigenvalue weighted by molar-refractivity contribution is 5.87. The van der Waals surface area contributed by atoms with Gasteiger partial charge in [0.05, 0.1) is 5.56 Å². The van der Waals surface area contributed by atoms with E-state index in [0.717, 1.165) is 11.6 Å². The molecule has 2 aromatic rings. The van der Waals surface area contributed by atoms with Gasteiger partial charge in [-0.25, -0.2) is 13.6 Å². The molecule has 0 bridgehead atoms. The fourth-order valence-electron chi connectivity index (χ4n) is 2.13. The van der Waals surface area contributed by atoms with Gasteiger partial charge in [0.2, 0.25) is 0 Å². The molecule has 0 spiro atoms. The van der Waals surface area contributed by atoms with Gasteiger partial charge >= 0.3 is 5.97 Å². The zero-order chi connectivity index (χ0) is 15.4. The second kappa shape index (κ2) is 6.45. The van der Waals surface area contributed by atoms with Crippen LogP contribution >= 0.6 is 0 Å². The molecule has 0 aliphatic carbocycles. The van der Waals surface area contributed by atoms with Crippen molar-refractivity contribution < 1.29 is 18.7 Å². The minimum Gasteiger partial charge on any atom is -0.478 e. The molecule has 0 amide bonds. The molecule has 0 radical (unpaired) electrons. The molecule has 0 aliphatic rings. The van der Waals surface area contributed by atoms with E-state index in [-0.39, 0.29) is 5.56 Å². The molecule has 0 aliphatic heterocycles. The molecule has 3 nitrogen and oxygen atoms in total. The molecule has 0 saturated carbocycles. The maximum Gasteiger partial charge on any atom is 0.335 e. The first-order valence-electron chi connectivity index (χ1n) is 6.40. The van der Waals surface area contributed by atoms with Crippen molar-refractivity contribution in [1.82, 2.24) is 4.90 Å². The lowest BCUT2D eigenvalue weighted by Crippen LogP contribution is -2.17. The summed E-state index contributed by atoms with van der Waals surface area (Å²) in [4.78, 5) is 12.7. The van der Waals surface area contributed by atoms with Crippen LogP contribution < -0.4 is 0 Å². The summed E-state index contributed by atoms with van der Waals surface area (Å²) < 4.78 is 26.2. The van der Waals surface area contributed by atoms with Crippen LogP contribution in [0, 0.1) is 11.6 Å². The van der Waals surface area contributed by atoms with Crippen molar-refractivity contribution in [3.8, 4) is 0 Å². The number of aromatic carboxylic acids is 1. The SMILES string of the molecule is CN(Cc1ccc(C(=O)O)cc1)Cc1cc(F)cc(F)c1. The Balaban J connectivity index is 2.00. The number of hydrogen-bond acceptors (Lipinski definition) is 2. The van der Waals surface area contributed by atoms with Gasteiger partial charge in [-0.05, 0) is 42.4 Å². The average Bonchev–Trinajstić information content (AvgIpc) is 2.37. The molecule has 0 fully saturated rings. The third-order valence-electron chi connectivity index (χ3n) is 3.03. The van der Waals surface area contributed by atoms with E-state index in [4.69, 9.17) is 5.11 Å². The van der Waals surface area contributed by atoms with E-state index >= 15 is 0 Å².